The van der Waals surface area contributed by atoms with Crippen molar-refractivity contribution < 1.29 is 18.0 Å². The van der Waals surface area contributed by atoms with Crippen LogP contribution in [0.4, 0.5) is 13.2 Å². The van der Waals surface area contributed by atoms with Crippen LogP contribution in [0.5, 0.6) is 0 Å². The first-order valence-corrected chi connectivity index (χ1v) is 7.43. The Hall–Kier alpha value is -2.31. The molecule has 0 N–H and O–H groups in total. The Labute approximate surface area is 131 Å². The molecule has 1 aromatic carbocycles. The highest BCUT2D eigenvalue weighted by Gasteiger charge is 2.32. The largest absolute Gasteiger partial charge is 0.408 e. The molecule has 122 valence electrons. The highest BCUT2D eigenvalue weighted by molar-refractivity contribution is 6.00. The fourth-order valence-electron chi connectivity index (χ4n) is 2.82. The average Bonchev–Trinajstić information content (AvgIpc) is 3.15. The fraction of sp³-hybridized carbons (Fsp3) is 0.375. The number of hydrogen-bond donors (Lipinski definition) is 0. The fourth-order valence-corrected chi connectivity index (χ4v) is 2.82. The van der Waals surface area contributed by atoms with Crippen LogP contribution in [0.1, 0.15) is 23.2 Å². The van der Waals surface area contributed by atoms with Gasteiger partial charge in [0.1, 0.15) is 6.54 Å². The molecule has 0 radical (unpaired) electrons. The molecule has 2 heterocycles. The molecule has 1 aliphatic rings. The molecule has 0 saturated carbocycles. The van der Waals surface area contributed by atoms with Crippen molar-refractivity contribution in [1.29, 1.82) is 0 Å². The third kappa shape index (κ3) is 3.38. The van der Waals surface area contributed by atoms with Gasteiger partial charge in [-0.2, -0.15) is 18.3 Å². The SMILES string of the molecule is O=C(c1cnn(CC(F)(F)F)c1-c1ccccc1)N1CCCC1. The van der Waals surface area contributed by atoms with Gasteiger partial charge in [-0.05, 0) is 12.8 Å². The standard InChI is InChI=1S/C16H16F3N3O/c17-16(18,19)11-22-14(12-6-2-1-3-7-12)13(10-20-22)15(23)21-8-4-5-9-21/h1-3,6-7,10H,4-5,8-9,11H2. The summed E-state index contributed by atoms with van der Waals surface area (Å²) in [4.78, 5) is 14.3. The van der Waals surface area contributed by atoms with Crippen molar-refractivity contribution in [3.63, 3.8) is 0 Å². The Morgan fingerprint density at radius 2 is 1.78 bits per heavy atom. The molecule has 7 heteroatoms. The van der Waals surface area contributed by atoms with Crippen LogP contribution in [0.25, 0.3) is 11.3 Å². The minimum absolute atomic E-state index is 0.222. The zero-order valence-corrected chi connectivity index (χ0v) is 12.4. The van der Waals surface area contributed by atoms with E-state index in [1.165, 1.54) is 6.20 Å². The Bertz CT molecular complexity index is 688. The predicted octanol–water partition coefficient (Wildman–Crippen LogP) is 3.35. The summed E-state index contributed by atoms with van der Waals surface area (Å²) in [5.74, 6) is -0.255. The van der Waals surface area contributed by atoms with Gasteiger partial charge in [-0.15, -0.1) is 0 Å². The Balaban J connectivity index is 2.04. The number of benzene rings is 1. The minimum Gasteiger partial charge on any atom is -0.339 e. The zero-order chi connectivity index (χ0) is 16.4. The lowest BCUT2D eigenvalue weighted by Crippen LogP contribution is -2.28. The maximum absolute atomic E-state index is 12.8. The van der Waals surface area contributed by atoms with Crippen molar-refractivity contribution in [3.05, 3.63) is 42.1 Å². The minimum atomic E-state index is -4.40. The third-order valence-electron chi connectivity index (χ3n) is 3.84. The maximum atomic E-state index is 12.8. The quantitative estimate of drug-likeness (QED) is 0.869. The number of nitrogens with zero attached hydrogens (tertiary/aromatic N) is 3. The molecule has 1 amide bonds. The molecule has 0 bridgehead atoms. The summed E-state index contributed by atoms with van der Waals surface area (Å²) in [5.41, 5.74) is 0.999. The number of halogens is 3. The monoisotopic (exact) mass is 323 g/mol. The number of amides is 1. The molecule has 2 aromatic rings. The number of likely N-dealkylation sites (tertiary alicyclic amines) is 1. The van der Waals surface area contributed by atoms with E-state index < -0.39 is 12.7 Å². The van der Waals surface area contributed by atoms with E-state index in [0.717, 1.165) is 17.5 Å². The van der Waals surface area contributed by atoms with Gasteiger partial charge in [0, 0.05) is 18.7 Å². The van der Waals surface area contributed by atoms with Gasteiger partial charge >= 0.3 is 6.18 Å². The molecule has 1 aromatic heterocycles. The predicted molar refractivity (Wildman–Crippen MR) is 78.9 cm³/mol. The topological polar surface area (TPSA) is 38.1 Å². The van der Waals surface area contributed by atoms with Crippen LogP contribution < -0.4 is 0 Å². The van der Waals surface area contributed by atoms with Gasteiger partial charge in [0.15, 0.2) is 0 Å². The van der Waals surface area contributed by atoms with Gasteiger partial charge in [0.25, 0.3) is 5.91 Å². The smallest absolute Gasteiger partial charge is 0.339 e. The lowest BCUT2D eigenvalue weighted by atomic mass is 10.1. The lowest BCUT2D eigenvalue weighted by Gasteiger charge is -2.16. The first-order chi connectivity index (χ1) is 11.0. The van der Waals surface area contributed by atoms with E-state index in [1.54, 1.807) is 35.2 Å². The summed E-state index contributed by atoms with van der Waals surface area (Å²) in [5, 5.41) is 3.82. The molecule has 1 aliphatic heterocycles. The van der Waals surface area contributed by atoms with Crippen LogP contribution in [0.15, 0.2) is 36.5 Å². The van der Waals surface area contributed by atoms with Gasteiger partial charge in [0.05, 0.1) is 17.5 Å². The number of hydrogen-bond acceptors (Lipinski definition) is 2. The summed E-state index contributed by atoms with van der Waals surface area (Å²) >= 11 is 0. The number of rotatable bonds is 3. The molecule has 23 heavy (non-hydrogen) atoms. The van der Waals surface area contributed by atoms with E-state index in [1.807, 2.05) is 0 Å². The molecule has 0 spiro atoms. The normalized spacial score (nSPS) is 15.2. The van der Waals surface area contributed by atoms with Gasteiger partial charge in [-0.25, -0.2) is 0 Å². The summed E-state index contributed by atoms with van der Waals surface area (Å²) < 4.78 is 39.2. The summed E-state index contributed by atoms with van der Waals surface area (Å²) in [6, 6.07) is 8.60. The second kappa shape index (κ2) is 6.06. The molecule has 0 atom stereocenters. The van der Waals surface area contributed by atoms with E-state index in [4.69, 9.17) is 0 Å². The maximum Gasteiger partial charge on any atom is 0.408 e. The molecular formula is C16H16F3N3O. The first-order valence-electron chi connectivity index (χ1n) is 7.43. The van der Waals surface area contributed by atoms with Gasteiger partial charge in [0.2, 0.25) is 0 Å². The summed E-state index contributed by atoms with van der Waals surface area (Å²) in [7, 11) is 0. The van der Waals surface area contributed by atoms with Crippen LogP contribution in [-0.2, 0) is 6.54 Å². The first kappa shape index (κ1) is 15.6. The number of carbonyl (C=O) groups is 1. The van der Waals surface area contributed by atoms with Gasteiger partial charge in [-0.3, -0.25) is 9.48 Å². The van der Waals surface area contributed by atoms with Crippen molar-refractivity contribution in [2.75, 3.05) is 13.1 Å². The number of aromatic nitrogens is 2. The third-order valence-corrected chi connectivity index (χ3v) is 3.84. The van der Waals surface area contributed by atoms with E-state index in [9.17, 15) is 18.0 Å². The van der Waals surface area contributed by atoms with Crippen molar-refractivity contribution in [2.24, 2.45) is 0 Å². The van der Waals surface area contributed by atoms with Crippen molar-refractivity contribution in [3.8, 4) is 11.3 Å². The molecule has 1 saturated heterocycles. The molecule has 3 rings (SSSR count). The Morgan fingerprint density at radius 3 is 2.39 bits per heavy atom. The van der Waals surface area contributed by atoms with Crippen molar-refractivity contribution in [1.82, 2.24) is 14.7 Å². The lowest BCUT2D eigenvalue weighted by molar-refractivity contribution is -0.142. The van der Waals surface area contributed by atoms with Crippen LogP contribution >= 0.6 is 0 Å². The highest BCUT2D eigenvalue weighted by Crippen LogP contribution is 2.28. The Morgan fingerprint density at radius 1 is 1.13 bits per heavy atom. The van der Waals surface area contributed by atoms with Crippen LogP contribution in [0.2, 0.25) is 0 Å². The number of carbonyl (C=O) groups excluding carboxylic acids is 1. The van der Waals surface area contributed by atoms with Crippen LogP contribution in [-0.4, -0.2) is 39.9 Å². The Kier molecular flexibility index (Phi) is 4.11. The van der Waals surface area contributed by atoms with E-state index in [-0.39, 0.29) is 17.2 Å². The number of alkyl halides is 3. The van der Waals surface area contributed by atoms with Gasteiger partial charge < -0.3 is 4.90 Å². The van der Waals surface area contributed by atoms with E-state index in [2.05, 4.69) is 5.10 Å². The molecule has 0 aliphatic carbocycles. The second-order valence-corrected chi connectivity index (χ2v) is 5.55. The van der Waals surface area contributed by atoms with E-state index in [0.29, 0.717) is 18.7 Å². The van der Waals surface area contributed by atoms with E-state index >= 15 is 0 Å². The molecule has 0 unspecified atom stereocenters. The average molecular weight is 323 g/mol. The van der Waals surface area contributed by atoms with Crippen molar-refractivity contribution in [2.45, 2.75) is 25.6 Å². The molecule has 1 fully saturated rings. The zero-order valence-electron chi connectivity index (χ0n) is 12.4. The summed E-state index contributed by atoms with van der Waals surface area (Å²) in [6.07, 6.45) is -1.32. The molecule has 4 nitrogen and oxygen atoms in total. The summed E-state index contributed by atoms with van der Waals surface area (Å²) in [6.45, 7) is 0.0551. The second-order valence-electron chi connectivity index (χ2n) is 5.55. The van der Waals surface area contributed by atoms with Gasteiger partial charge in [-0.1, -0.05) is 30.3 Å². The highest BCUT2D eigenvalue weighted by atomic mass is 19.4. The molecular weight excluding hydrogens is 307 g/mol. The van der Waals surface area contributed by atoms with Crippen LogP contribution in [0, 0.1) is 0 Å². The van der Waals surface area contributed by atoms with Crippen molar-refractivity contribution >= 4 is 5.91 Å². The van der Waals surface area contributed by atoms with Crippen LogP contribution in [0.3, 0.4) is 0 Å².